The number of primary amides is 1. The second-order valence-electron chi connectivity index (χ2n) is 6.51. The van der Waals surface area contributed by atoms with Crippen LogP contribution in [0, 0.1) is 0 Å². The molecule has 0 aliphatic carbocycles. The highest BCUT2D eigenvalue weighted by Crippen LogP contribution is 2.32. The minimum atomic E-state index is -3.32. The van der Waals surface area contributed by atoms with Crippen LogP contribution < -0.4 is 11.1 Å². The molecule has 1 aliphatic rings. The zero-order valence-corrected chi connectivity index (χ0v) is 16.6. The molecule has 0 radical (unpaired) electrons. The minimum Gasteiger partial charge on any atom is -0.467 e. The van der Waals surface area contributed by atoms with Crippen molar-refractivity contribution in [1.82, 2.24) is 4.90 Å². The highest BCUT2D eigenvalue weighted by atomic mass is 16.5. The van der Waals surface area contributed by atoms with Crippen LogP contribution in [0.2, 0.25) is 0 Å². The first-order valence-corrected chi connectivity index (χ1v) is 9.20. The summed E-state index contributed by atoms with van der Waals surface area (Å²) in [5.74, 6) is -3.75. The number of nitrogens with zero attached hydrogens (tertiary/aromatic N) is 1. The Balaban J connectivity index is 1.87. The smallest absolute Gasteiger partial charge is 0.411 e. The van der Waals surface area contributed by atoms with Gasteiger partial charge in [-0.25, -0.2) is 9.59 Å². The number of fused-ring (bicyclic) bond motifs is 1. The number of anilines is 1. The Morgan fingerprint density at radius 3 is 2.61 bits per heavy atom. The summed E-state index contributed by atoms with van der Waals surface area (Å²) in [6.45, 7) is -0.378. The van der Waals surface area contributed by atoms with Gasteiger partial charge in [0.05, 0.1) is 7.11 Å². The van der Waals surface area contributed by atoms with E-state index < -0.39 is 42.7 Å². The van der Waals surface area contributed by atoms with Crippen LogP contribution in [0.4, 0.5) is 10.5 Å². The molecule has 0 fully saturated rings. The SMILES string of the molecule is [2H]C([2H])(C(N)=O)C([2H])([2H])C(C(=O)OC)N1Cc2c(NC(=O)OCc3ccccc3)cccc2C1=O. The maximum atomic E-state index is 13.1. The van der Waals surface area contributed by atoms with Crippen LogP contribution in [0.25, 0.3) is 0 Å². The lowest BCUT2D eigenvalue weighted by Crippen LogP contribution is -2.42. The molecule has 9 nitrogen and oxygen atoms in total. The molecule has 9 heteroatoms. The van der Waals surface area contributed by atoms with Gasteiger partial charge in [-0.2, -0.15) is 0 Å². The second kappa shape index (κ2) is 9.75. The van der Waals surface area contributed by atoms with Crippen molar-refractivity contribution in [1.29, 1.82) is 0 Å². The number of hydrogen-bond donors (Lipinski definition) is 2. The van der Waals surface area contributed by atoms with E-state index in [-0.39, 0.29) is 30.0 Å². The number of esters is 1. The molecule has 0 saturated heterocycles. The largest absolute Gasteiger partial charge is 0.467 e. The van der Waals surface area contributed by atoms with Crippen molar-refractivity contribution in [3.63, 3.8) is 0 Å². The molecule has 162 valence electrons. The summed E-state index contributed by atoms with van der Waals surface area (Å²) in [6.07, 6.45) is -7.37. The van der Waals surface area contributed by atoms with E-state index in [2.05, 4.69) is 10.1 Å². The zero-order valence-electron chi connectivity index (χ0n) is 20.6. The number of hydrogen-bond acceptors (Lipinski definition) is 6. The second-order valence-corrected chi connectivity index (χ2v) is 6.51. The summed E-state index contributed by atoms with van der Waals surface area (Å²) in [5, 5.41) is 2.52. The third-order valence-corrected chi connectivity index (χ3v) is 4.51. The number of ether oxygens (including phenoxy) is 2. The molecule has 3 rings (SSSR count). The van der Waals surface area contributed by atoms with Crippen molar-refractivity contribution in [2.45, 2.75) is 31.9 Å². The number of carbonyl (C=O) groups is 4. The van der Waals surface area contributed by atoms with Gasteiger partial charge in [0.15, 0.2) is 0 Å². The van der Waals surface area contributed by atoms with Gasteiger partial charge in [-0.3, -0.25) is 14.9 Å². The fraction of sp³-hybridized carbons (Fsp3) is 0.273. The van der Waals surface area contributed by atoms with E-state index in [1.807, 2.05) is 6.07 Å². The highest BCUT2D eigenvalue weighted by Gasteiger charge is 2.38. The average molecular weight is 429 g/mol. The van der Waals surface area contributed by atoms with Crippen LogP contribution in [0.1, 0.15) is 39.7 Å². The Morgan fingerprint density at radius 1 is 1.19 bits per heavy atom. The summed E-state index contributed by atoms with van der Waals surface area (Å²) in [7, 11) is 0.939. The molecule has 0 bridgehead atoms. The number of methoxy groups -OCH3 is 1. The van der Waals surface area contributed by atoms with Gasteiger partial charge < -0.3 is 20.1 Å². The van der Waals surface area contributed by atoms with E-state index >= 15 is 0 Å². The van der Waals surface area contributed by atoms with Gasteiger partial charge in [0.2, 0.25) is 5.91 Å². The molecule has 1 aliphatic heterocycles. The van der Waals surface area contributed by atoms with Gasteiger partial charge in [-0.15, -0.1) is 0 Å². The first-order chi connectivity index (χ1) is 16.4. The van der Waals surface area contributed by atoms with Crippen molar-refractivity contribution >= 4 is 29.6 Å². The summed E-state index contributed by atoms with van der Waals surface area (Å²) < 4.78 is 41.9. The number of nitrogens with one attached hydrogen (secondary N) is 1. The molecule has 3 N–H and O–H groups in total. The van der Waals surface area contributed by atoms with Gasteiger partial charge >= 0.3 is 12.1 Å². The maximum absolute atomic E-state index is 13.1. The lowest BCUT2D eigenvalue weighted by atomic mass is 10.1. The lowest BCUT2D eigenvalue weighted by molar-refractivity contribution is -0.146. The molecule has 1 unspecified atom stereocenters. The molecular formula is C22H23N3O6. The molecule has 1 heterocycles. The van der Waals surface area contributed by atoms with Gasteiger partial charge in [-0.05, 0) is 24.1 Å². The van der Waals surface area contributed by atoms with E-state index in [9.17, 15) is 19.2 Å². The molecule has 0 aromatic heterocycles. The number of nitrogens with two attached hydrogens (primary N) is 1. The van der Waals surface area contributed by atoms with E-state index in [0.717, 1.165) is 17.6 Å². The number of amides is 3. The van der Waals surface area contributed by atoms with Crippen molar-refractivity contribution in [2.75, 3.05) is 12.4 Å². The fourth-order valence-corrected chi connectivity index (χ4v) is 3.06. The van der Waals surface area contributed by atoms with Crippen LogP contribution in [-0.2, 0) is 32.2 Å². The Morgan fingerprint density at radius 2 is 1.94 bits per heavy atom. The first-order valence-electron chi connectivity index (χ1n) is 11.2. The molecule has 2 aromatic carbocycles. The molecule has 1 atom stereocenters. The third kappa shape index (κ3) is 5.19. The summed E-state index contributed by atoms with van der Waals surface area (Å²) >= 11 is 0. The van der Waals surface area contributed by atoms with Crippen molar-refractivity contribution in [2.24, 2.45) is 5.73 Å². The minimum absolute atomic E-state index is 0.000423. The van der Waals surface area contributed by atoms with E-state index in [4.69, 9.17) is 16.0 Å². The summed E-state index contributed by atoms with van der Waals surface area (Å²) in [6, 6.07) is 11.2. The van der Waals surface area contributed by atoms with Gasteiger partial charge in [0.25, 0.3) is 5.91 Å². The molecular weight excluding hydrogens is 402 g/mol. The topological polar surface area (TPSA) is 128 Å². The summed E-state index contributed by atoms with van der Waals surface area (Å²) in [4.78, 5) is 50.4. The normalized spacial score (nSPS) is 16.2. The van der Waals surface area contributed by atoms with Crippen molar-refractivity contribution in [3.05, 3.63) is 65.2 Å². The monoisotopic (exact) mass is 429 g/mol. The quantitative estimate of drug-likeness (QED) is 0.619. The van der Waals surface area contributed by atoms with Gasteiger partial charge in [0, 0.05) is 35.2 Å². The van der Waals surface area contributed by atoms with E-state index in [1.54, 1.807) is 24.3 Å². The summed E-state index contributed by atoms with van der Waals surface area (Å²) in [5.41, 5.74) is 6.27. The molecule has 3 amide bonds. The molecule has 2 aromatic rings. The molecule has 0 spiro atoms. The zero-order chi connectivity index (χ0) is 26.0. The van der Waals surface area contributed by atoms with Crippen molar-refractivity contribution in [3.8, 4) is 0 Å². The van der Waals surface area contributed by atoms with Crippen LogP contribution in [-0.4, -0.2) is 41.9 Å². The number of benzene rings is 2. The Kier molecular flexibility index (Phi) is 5.30. The predicted octanol–water partition coefficient (Wildman–Crippen LogP) is 2.20. The Bertz CT molecular complexity index is 1160. The van der Waals surface area contributed by atoms with E-state index in [0.29, 0.717) is 0 Å². The fourth-order valence-electron chi connectivity index (χ4n) is 3.06. The van der Waals surface area contributed by atoms with Crippen LogP contribution in [0.5, 0.6) is 0 Å². The van der Waals surface area contributed by atoms with Crippen molar-refractivity contribution < 1.29 is 34.1 Å². The molecule has 31 heavy (non-hydrogen) atoms. The van der Waals surface area contributed by atoms with Gasteiger partial charge in [0.1, 0.15) is 12.6 Å². The molecule has 0 saturated carbocycles. The van der Waals surface area contributed by atoms with Crippen LogP contribution in [0.3, 0.4) is 0 Å². The van der Waals surface area contributed by atoms with E-state index in [1.165, 1.54) is 18.2 Å². The van der Waals surface area contributed by atoms with Crippen LogP contribution >= 0.6 is 0 Å². The van der Waals surface area contributed by atoms with Crippen LogP contribution in [0.15, 0.2) is 48.5 Å². The Hall–Kier alpha value is -3.88. The standard InChI is InChI=1S/C22H23N3O6/c1-30-21(28)18(10-11-19(23)26)25-12-16-15(20(25)27)8-5-9-17(16)24-22(29)31-13-14-6-3-2-4-7-14/h2-9,18H,10-13H2,1H3,(H2,23,26)(H,24,29)/i10D2,11D2. The predicted molar refractivity (Wildman–Crippen MR) is 111 cm³/mol. The van der Waals surface area contributed by atoms with Gasteiger partial charge in [-0.1, -0.05) is 36.4 Å². The average Bonchev–Trinajstić information content (AvgIpc) is 3.15. The lowest BCUT2D eigenvalue weighted by Gasteiger charge is -2.25. The maximum Gasteiger partial charge on any atom is 0.411 e. The Labute approximate surface area is 184 Å². The number of carbonyl (C=O) groups excluding carboxylic acids is 4. The number of rotatable bonds is 8. The highest BCUT2D eigenvalue weighted by molar-refractivity contribution is 6.03. The third-order valence-electron chi connectivity index (χ3n) is 4.51. The first kappa shape index (κ1) is 16.9.